The van der Waals surface area contributed by atoms with Crippen LogP contribution < -0.4 is 23.9 Å². The first-order chi connectivity index (χ1) is 18.0. The molecule has 3 aromatic rings. The molecule has 0 aromatic heterocycles. The fourth-order valence-corrected chi connectivity index (χ4v) is 4.81. The average Bonchev–Trinajstić information content (AvgIpc) is 2.91. The van der Waals surface area contributed by atoms with Gasteiger partial charge in [-0.1, -0.05) is 18.2 Å². The fourth-order valence-electron chi connectivity index (χ4n) is 3.38. The molecule has 13 heteroatoms. The Labute approximate surface area is 217 Å². The van der Waals surface area contributed by atoms with Gasteiger partial charge in [0, 0.05) is 11.6 Å². The largest absolute Gasteiger partial charge is 0.497 e. The quantitative estimate of drug-likeness (QED) is 0.301. The number of carbonyl (C=O) groups is 1. The van der Waals surface area contributed by atoms with E-state index >= 15 is 0 Å². The second-order valence-corrected chi connectivity index (χ2v) is 9.47. The van der Waals surface area contributed by atoms with Crippen molar-refractivity contribution in [3.8, 4) is 17.2 Å². The number of benzene rings is 3. The standard InChI is InChI=1S/C25H24F3N3O6S/c1-35-19-10-8-18(9-11-19)31(38(33,34)20-12-13-22(36-2)23(14-20)37-3)16-24(32)30-29-15-17-6-4-5-7-21(17)25(26,27)28/h4-15H,16H2,1-3H3,(H,30,32). The highest BCUT2D eigenvalue weighted by Gasteiger charge is 2.32. The van der Waals surface area contributed by atoms with E-state index in [1.807, 2.05) is 0 Å². The molecule has 0 spiro atoms. The van der Waals surface area contributed by atoms with E-state index in [4.69, 9.17) is 14.2 Å². The third kappa shape index (κ3) is 6.54. The maximum Gasteiger partial charge on any atom is 0.417 e. The topological polar surface area (TPSA) is 107 Å². The van der Waals surface area contributed by atoms with Crippen LogP contribution in [0, 0.1) is 0 Å². The summed E-state index contributed by atoms with van der Waals surface area (Å²) in [6.45, 7) is -0.735. The van der Waals surface area contributed by atoms with Crippen molar-refractivity contribution in [1.82, 2.24) is 5.43 Å². The predicted octanol–water partition coefficient (Wildman–Crippen LogP) is 4.08. The Morgan fingerprint density at radius 3 is 2.21 bits per heavy atom. The summed E-state index contributed by atoms with van der Waals surface area (Å²) in [5.41, 5.74) is 1.00. The van der Waals surface area contributed by atoms with Gasteiger partial charge < -0.3 is 14.2 Å². The molecule has 0 unspecified atom stereocenters. The lowest BCUT2D eigenvalue weighted by molar-refractivity contribution is -0.137. The van der Waals surface area contributed by atoms with Crippen LogP contribution in [0.15, 0.2) is 76.7 Å². The summed E-state index contributed by atoms with van der Waals surface area (Å²) in [7, 11) is -0.152. The molecule has 0 aliphatic carbocycles. The number of hydrogen-bond acceptors (Lipinski definition) is 7. The Balaban J connectivity index is 1.91. The number of nitrogens with one attached hydrogen (secondary N) is 1. The Kier molecular flexibility index (Phi) is 8.84. The molecule has 0 bridgehead atoms. The summed E-state index contributed by atoms with van der Waals surface area (Å²) in [5, 5.41) is 3.59. The molecule has 0 aliphatic heterocycles. The molecular formula is C25H24F3N3O6S. The van der Waals surface area contributed by atoms with Crippen LogP contribution in [-0.2, 0) is 21.0 Å². The molecule has 1 N–H and O–H groups in total. The molecule has 3 aromatic carbocycles. The first-order valence-corrected chi connectivity index (χ1v) is 12.3. The lowest BCUT2D eigenvalue weighted by atomic mass is 10.1. The van der Waals surface area contributed by atoms with E-state index in [1.165, 1.54) is 82.0 Å². The number of halogens is 3. The van der Waals surface area contributed by atoms with Crippen molar-refractivity contribution in [2.75, 3.05) is 32.2 Å². The number of carbonyl (C=O) groups excluding carboxylic acids is 1. The van der Waals surface area contributed by atoms with Crippen LogP contribution in [0.2, 0.25) is 0 Å². The summed E-state index contributed by atoms with van der Waals surface area (Å²) in [5.74, 6) is 0.00880. The number of hydrogen-bond donors (Lipinski definition) is 1. The van der Waals surface area contributed by atoms with Gasteiger partial charge in [0.25, 0.3) is 15.9 Å². The number of sulfonamides is 1. The molecule has 0 radical (unpaired) electrons. The van der Waals surface area contributed by atoms with Crippen molar-refractivity contribution < 1.29 is 40.6 Å². The number of amides is 1. The van der Waals surface area contributed by atoms with Gasteiger partial charge in [-0.05, 0) is 42.5 Å². The molecule has 3 rings (SSSR count). The molecule has 0 aliphatic rings. The first kappa shape index (κ1) is 28.3. The van der Waals surface area contributed by atoms with Crippen molar-refractivity contribution in [2.45, 2.75) is 11.1 Å². The summed E-state index contributed by atoms with van der Waals surface area (Å²) < 4.78 is 83.0. The van der Waals surface area contributed by atoms with Gasteiger partial charge >= 0.3 is 6.18 Å². The summed E-state index contributed by atoms with van der Waals surface area (Å²) >= 11 is 0. The number of ether oxygens (including phenoxy) is 3. The van der Waals surface area contributed by atoms with Crippen LogP contribution in [-0.4, -0.2) is 48.4 Å². The number of nitrogens with zero attached hydrogens (tertiary/aromatic N) is 2. The van der Waals surface area contributed by atoms with E-state index in [0.29, 0.717) is 11.5 Å². The normalized spacial score (nSPS) is 11.7. The molecule has 0 heterocycles. The minimum absolute atomic E-state index is 0.127. The molecular weight excluding hydrogens is 527 g/mol. The van der Waals surface area contributed by atoms with Crippen molar-refractivity contribution in [3.05, 3.63) is 77.9 Å². The molecule has 0 saturated heterocycles. The van der Waals surface area contributed by atoms with Crippen LogP contribution >= 0.6 is 0 Å². The molecule has 202 valence electrons. The zero-order valence-corrected chi connectivity index (χ0v) is 21.3. The third-order valence-corrected chi connectivity index (χ3v) is 7.02. The van der Waals surface area contributed by atoms with Crippen molar-refractivity contribution in [2.24, 2.45) is 5.10 Å². The lowest BCUT2D eigenvalue weighted by Gasteiger charge is -2.24. The van der Waals surface area contributed by atoms with Gasteiger partial charge in [0.1, 0.15) is 12.3 Å². The molecule has 0 atom stereocenters. The minimum atomic E-state index is -4.62. The van der Waals surface area contributed by atoms with E-state index in [0.717, 1.165) is 16.6 Å². The predicted molar refractivity (Wildman–Crippen MR) is 134 cm³/mol. The SMILES string of the molecule is COc1ccc(N(CC(=O)NN=Cc2ccccc2C(F)(F)F)S(=O)(=O)c2ccc(OC)c(OC)c2)cc1. The van der Waals surface area contributed by atoms with Gasteiger partial charge in [0.15, 0.2) is 11.5 Å². The highest BCUT2D eigenvalue weighted by molar-refractivity contribution is 7.92. The fraction of sp³-hybridized carbons (Fsp3) is 0.200. The third-order valence-electron chi connectivity index (χ3n) is 5.25. The van der Waals surface area contributed by atoms with Crippen molar-refractivity contribution in [1.29, 1.82) is 0 Å². The van der Waals surface area contributed by atoms with Crippen LogP contribution in [0.25, 0.3) is 0 Å². The van der Waals surface area contributed by atoms with Crippen LogP contribution in [0.3, 0.4) is 0 Å². The summed E-state index contributed by atoms with van der Waals surface area (Å²) in [6.07, 6.45) is -3.79. The van der Waals surface area contributed by atoms with E-state index in [9.17, 15) is 26.4 Å². The Hall–Kier alpha value is -4.26. The van der Waals surface area contributed by atoms with E-state index < -0.39 is 34.2 Å². The van der Waals surface area contributed by atoms with Gasteiger partial charge in [-0.2, -0.15) is 18.3 Å². The zero-order valence-electron chi connectivity index (χ0n) is 20.5. The highest BCUT2D eigenvalue weighted by atomic mass is 32.2. The summed E-state index contributed by atoms with van der Waals surface area (Å²) in [6, 6.07) is 14.5. The first-order valence-electron chi connectivity index (χ1n) is 10.9. The second-order valence-electron chi connectivity index (χ2n) is 7.60. The van der Waals surface area contributed by atoms with Crippen LogP contribution in [0.1, 0.15) is 11.1 Å². The zero-order chi connectivity index (χ0) is 27.9. The molecule has 0 fully saturated rings. The number of hydrazone groups is 1. The number of alkyl halides is 3. The Morgan fingerprint density at radius 2 is 1.61 bits per heavy atom. The summed E-state index contributed by atoms with van der Waals surface area (Å²) in [4.78, 5) is 12.5. The smallest absolute Gasteiger partial charge is 0.417 e. The van der Waals surface area contributed by atoms with Gasteiger partial charge in [-0.3, -0.25) is 9.10 Å². The maximum absolute atomic E-state index is 13.6. The highest BCUT2D eigenvalue weighted by Crippen LogP contribution is 2.33. The van der Waals surface area contributed by atoms with Gasteiger partial charge in [-0.15, -0.1) is 0 Å². The van der Waals surface area contributed by atoms with E-state index in [-0.39, 0.29) is 21.9 Å². The molecule has 38 heavy (non-hydrogen) atoms. The van der Waals surface area contributed by atoms with E-state index in [1.54, 1.807) is 0 Å². The number of methoxy groups -OCH3 is 3. The second kappa shape index (κ2) is 11.9. The van der Waals surface area contributed by atoms with Gasteiger partial charge in [0.2, 0.25) is 0 Å². The van der Waals surface area contributed by atoms with Crippen LogP contribution in [0.4, 0.5) is 18.9 Å². The lowest BCUT2D eigenvalue weighted by Crippen LogP contribution is -2.39. The molecule has 0 saturated carbocycles. The minimum Gasteiger partial charge on any atom is -0.497 e. The molecule has 1 amide bonds. The molecule has 9 nitrogen and oxygen atoms in total. The van der Waals surface area contributed by atoms with Gasteiger partial charge in [0.05, 0.1) is 43.7 Å². The number of anilines is 1. The van der Waals surface area contributed by atoms with Crippen molar-refractivity contribution >= 4 is 27.8 Å². The Morgan fingerprint density at radius 1 is 0.947 bits per heavy atom. The van der Waals surface area contributed by atoms with E-state index in [2.05, 4.69) is 10.5 Å². The average molecular weight is 552 g/mol. The maximum atomic E-state index is 13.6. The Bertz CT molecular complexity index is 1410. The van der Waals surface area contributed by atoms with Crippen molar-refractivity contribution in [3.63, 3.8) is 0 Å². The monoisotopic (exact) mass is 551 g/mol. The van der Waals surface area contributed by atoms with Crippen LogP contribution in [0.5, 0.6) is 17.2 Å². The van der Waals surface area contributed by atoms with Gasteiger partial charge in [-0.25, -0.2) is 13.8 Å². The number of rotatable bonds is 10.